The van der Waals surface area contributed by atoms with E-state index in [9.17, 15) is 0 Å². The molecule has 0 N–H and O–H groups in total. The Bertz CT molecular complexity index is 13.5. The van der Waals surface area contributed by atoms with Crippen LogP contribution in [0.4, 0.5) is 0 Å². The normalized spacial score (nSPS) is 3.00. The number of carboxylic acid groups (broad SMARTS) is 1. The van der Waals surface area contributed by atoms with E-state index in [4.69, 9.17) is 9.90 Å². The van der Waals surface area contributed by atoms with Crippen LogP contribution in [0.1, 0.15) is 0 Å². The van der Waals surface area contributed by atoms with Crippen LogP contribution in [0.25, 0.3) is 0 Å². The van der Waals surface area contributed by atoms with Gasteiger partial charge >= 0.3 is 17.1 Å². The number of carbonyl (C=O) groups excluding carboxylic acids is 1. The molecule has 0 heterocycles. The van der Waals surface area contributed by atoms with Gasteiger partial charge in [-0.3, -0.25) is 0 Å². The Kier molecular flexibility index (Phi) is 27.2. The minimum absolute atomic E-state index is 0. The number of hydrogen-bond acceptors (Lipinski definition) is 2. The second kappa shape index (κ2) is 12.1. The summed E-state index contributed by atoms with van der Waals surface area (Å²) in [4.78, 5) is 8.25. The Hall–Kier alpha value is -0.0105. The molecular weight excluding hydrogens is 108 g/mol. The summed E-state index contributed by atoms with van der Waals surface area (Å²) >= 11 is 0. The van der Waals surface area contributed by atoms with Crippen LogP contribution < -0.4 is 5.11 Å². The van der Waals surface area contributed by atoms with Crippen molar-refractivity contribution in [2.24, 2.45) is 0 Å². The molecule has 0 aromatic heterocycles. The van der Waals surface area contributed by atoms with Crippen molar-refractivity contribution in [2.45, 2.75) is 0 Å². The average molecular weight is 109 g/mol. The minimum Gasteiger partial charge on any atom is -0.554 e. The van der Waals surface area contributed by atoms with E-state index in [1.165, 1.54) is 0 Å². The summed E-state index contributed by atoms with van der Waals surface area (Å²) in [6, 6.07) is 0. The van der Waals surface area contributed by atoms with Gasteiger partial charge in [0.1, 0.15) is 0 Å². The molecule has 3 heteroatoms. The second-order valence-electron chi connectivity index (χ2n) is 0.0962. The SMILES string of the molecule is O=C[O-].[Cu+2]. The molecule has 0 saturated heterocycles. The van der Waals surface area contributed by atoms with Crippen molar-refractivity contribution in [1.82, 2.24) is 0 Å². The molecule has 0 unspecified atom stereocenters. The van der Waals surface area contributed by atoms with E-state index in [1.807, 2.05) is 0 Å². The van der Waals surface area contributed by atoms with Gasteiger partial charge in [-0.25, -0.2) is 0 Å². The maximum Gasteiger partial charge on any atom is 2.00 e. The number of rotatable bonds is 0. The van der Waals surface area contributed by atoms with Crippen LogP contribution in [0.2, 0.25) is 0 Å². The van der Waals surface area contributed by atoms with E-state index < -0.39 is 6.47 Å². The quantitative estimate of drug-likeness (QED) is 0.276. The topological polar surface area (TPSA) is 40.1 Å². The molecule has 0 aliphatic rings. The van der Waals surface area contributed by atoms with E-state index in [2.05, 4.69) is 0 Å². The molecular formula is CHCuO2+. The number of carbonyl (C=O) groups is 1. The van der Waals surface area contributed by atoms with Crippen molar-refractivity contribution in [1.29, 1.82) is 0 Å². The van der Waals surface area contributed by atoms with Gasteiger partial charge in [-0.1, -0.05) is 0 Å². The standard InChI is InChI=1S/CH2O2.Cu/c2-1-3;/h1H,(H,2,3);/q;+2/p-1. The van der Waals surface area contributed by atoms with Crippen molar-refractivity contribution in [2.75, 3.05) is 0 Å². The average Bonchev–Trinajstić information content (AvgIpc) is 0.918. The van der Waals surface area contributed by atoms with E-state index in [0.29, 0.717) is 0 Å². The van der Waals surface area contributed by atoms with Gasteiger partial charge in [0.2, 0.25) is 0 Å². The predicted molar refractivity (Wildman–Crippen MR) is 6.06 cm³/mol. The fourth-order valence-corrected chi connectivity index (χ4v) is 0. The molecule has 2 nitrogen and oxygen atoms in total. The zero-order valence-corrected chi connectivity index (χ0v) is 2.64. The molecule has 0 atom stereocenters. The van der Waals surface area contributed by atoms with Gasteiger partial charge in [-0.15, -0.1) is 0 Å². The molecule has 0 aromatic rings. The van der Waals surface area contributed by atoms with Gasteiger partial charge in [0.05, 0.1) is 0 Å². The van der Waals surface area contributed by atoms with E-state index in [-0.39, 0.29) is 17.1 Å². The molecule has 0 fully saturated rings. The fraction of sp³-hybridized carbons (Fsp3) is 0. The summed E-state index contributed by atoms with van der Waals surface area (Å²) in [5, 5.41) is 8.25. The van der Waals surface area contributed by atoms with Gasteiger partial charge in [-0.05, 0) is 0 Å². The molecule has 0 aliphatic heterocycles. The van der Waals surface area contributed by atoms with Crippen LogP contribution in [-0.4, -0.2) is 6.47 Å². The maximum absolute atomic E-state index is 8.25. The summed E-state index contributed by atoms with van der Waals surface area (Å²) in [5.74, 6) is 0. The molecule has 27 valence electrons. The molecule has 0 aromatic carbocycles. The van der Waals surface area contributed by atoms with Crippen molar-refractivity contribution in [3.63, 3.8) is 0 Å². The van der Waals surface area contributed by atoms with Crippen LogP contribution in [0.5, 0.6) is 0 Å². The largest absolute Gasteiger partial charge is 2.00 e. The Morgan fingerprint density at radius 2 is 1.75 bits per heavy atom. The molecule has 0 rings (SSSR count). The molecule has 1 radical (unpaired) electrons. The third kappa shape index (κ3) is 17600. The molecule has 0 spiro atoms. The maximum atomic E-state index is 8.25. The summed E-state index contributed by atoms with van der Waals surface area (Å²) in [6.45, 7) is -0.500. The van der Waals surface area contributed by atoms with Crippen LogP contribution in [0.15, 0.2) is 0 Å². The Morgan fingerprint density at radius 3 is 1.75 bits per heavy atom. The van der Waals surface area contributed by atoms with Crippen LogP contribution in [0, 0.1) is 0 Å². The molecule has 0 bridgehead atoms. The first-order chi connectivity index (χ1) is 1.41. The summed E-state index contributed by atoms with van der Waals surface area (Å²) in [7, 11) is 0. The Balaban J connectivity index is 0. The van der Waals surface area contributed by atoms with Crippen molar-refractivity contribution in [3.8, 4) is 0 Å². The Morgan fingerprint density at radius 1 is 1.75 bits per heavy atom. The summed E-state index contributed by atoms with van der Waals surface area (Å²) < 4.78 is 0. The monoisotopic (exact) mass is 108 g/mol. The van der Waals surface area contributed by atoms with Crippen molar-refractivity contribution < 1.29 is 27.0 Å². The Labute approximate surface area is 34.3 Å². The molecule has 0 saturated carbocycles. The molecule has 4 heavy (non-hydrogen) atoms. The van der Waals surface area contributed by atoms with Gasteiger partial charge < -0.3 is 9.90 Å². The van der Waals surface area contributed by atoms with Crippen LogP contribution in [-0.2, 0) is 21.9 Å². The van der Waals surface area contributed by atoms with Crippen LogP contribution in [0.3, 0.4) is 0 Å². The van der Waals surface area contributed by atoms with E-state index >= 15 is 0 Å². The van der Waals surface area contributed by atoms with E-state index in [1.54, 1.807) is 0 Å². The van der Waals surface area contributed by atoms with Crippen molar-refractivity contribution in [3.05, 3.63) is 0 Å². The second-order valence-corrected chi connectivity index (χ2v) is 0.0962. The van der Waals surface area contributed by atoms with Gasteiger partial charge in [0, 0.05) is 6.47 Å². The van der Waals surface area contributed by atoms with Gasteiger partial charge in [0.15, 0.2) is 0 Å². The zero-order valence-electron chi connectivity index (χ0n) is 1.70. The predicted octanol–water partition coefficient (Wildman–Crippen LogP) is -1.64. The molecule has 0 aliphatic carbocycles. The fourth-order valence-electron chi connectivity index (χ4n) is 0. The van der Waals surface area contributed by atoms with Gasteiger partial charge in [-0.2, -0.15) is 0 Å². The number of hydrogen-bond donors (Lipinski definition) is 0. The molecule has 0 amide bonds. The zero-order chi connectivity index (χ0) is 2.71. The first-order valence-corrected chi connectivity index (χ1v) is 0.471. The minimum atomic E-state index is -0.500. The summed E-state index contributed by atoms with van der Waals surface area (Å²) in [5.41, 5.74) is 0. The smallest absolute Gasteiger partial charge is 0.554 e. The van der Waals surface area contributed by atoms with Crippen LogP contribution >= 0.6 is 0 Å². The third-order valence-electron chi connectivity index (χ3n) is 0. The third-order valence-corrected chi connectivity index (χ3v) is 0. The summed E-state index contributed by atoms with van der Waals surface area (Å²) in [6.07, 6.45) is 0. The van der Waals surface area contributed by atoms with Crippen molar-refractivity contribution >= 4 is 6.47 Å². The first-order valence-electron chi connectivity index (χ1n) is 0.471. The van der Waals surface area contributed by atoms with Gasteiger partial charge in [0.25, 0.3) is 0 Å². The first kappa shape index (κ1) is 9.01. The van der Waals surface area contributed by atoms with E-state index in [0.717, 1.165) is 0 Å².